The molecule has 0 unspecified atom stereocenters. The van der Waals surface area contributed by atoms with E-state index in [0.29, 0.717) is 21.4 Å². The summed E-state index contributed by atoms with van der Waals surface area (Å²) in [7, 11) is -3.55. The molecule has 9 heteroatoms. The monoisotopic (exact) mass is 416 g/mol. The van der Waals surface area contributed by atoms with Crippen LogP contribution in [0.15, 0.2) is 42.5 Å². The quantitative estimate of drug-likeness (QED) is 0.581. The number of benzene rings is 2. The molecule has 26 heavy (non-hydrogen) atoms. The fraction of sp³-hybridized carbons (Fsp3) is 0.235. The third kappa shape index (κ3) is 5.47. The van der Waals surface area contributed by atoms with E-state index in [1.807, 2.05) is 0 Å². The largest absolute Gasteiger partial charge is 0.363 e. The zero-order chi connectivity index (χ0) is 19.2. The topological polar surface area (TPSA) is 76.7 Å². The summed E-state index contributed by atoms with van der Waals surface area (Å²) in [5.74, 6) is 0. The van der Waals surface area contributed by atoms with Gasteiger partial charge in [0, 0.05) is 15.7 Å². The lowest BCUT2D eigenvalue weighted by Gasteiger charge is -2.20. The molecule has 0 bridgehead atoms. The predicted molar refractivity (Wildman–Crippen MR) is 106 cm³/mol. The highest BCUT2D eigenvalue weighted by Gasteiger charge is 2.30. The fourth-order valence-electron chi connectivity index (χ4n) is 2.25. The first-order chi connectivity index (χ1) is 12.4. The van der Waals surface area contributed by atoms with Crippen molar-refractivity contribution in [3.05, 3.63) is 52.5 Å². The van der Waals surface area contributed by atoms with E-state index >= 15 is 0 Å². The van der Waals surface area contributed by atoms with Gasteiger partial charge in [0.1, 0.15) is 0 Å². The summed E-state index contributed by atoms with van der Waals surface area (Å²) in [6, 6.07) is 10.7. The minimum absolute atomic E-state index is 0.207. The number of halogens is 2. The van der Waals surface area contributed by atoms with Gasteiger partial charge in [-0.1, -0.05) is 35.3 Å². The molecule has 0 heterocycles. The van der Waals surface area contributed by atoms with Crippen LogP contribution in [0, 0.1) is 0 Å². The number of hydrogen-bond acceptors (Lipinski definition) is 4. The molecule has 0 aliphatic heterocycles. The Labute approximate surface area is 162 Å². The highest BCUT2D eigenvalue weighted by molar-refractivity contribution is 7.62. The van der Waals surface area contributed by atoms with Crippen LogP contribution in [0.3, 0.4) is 0 Å². The van der Waals surface area contributed by atoms with Crippen LogP contribution in [0.4, 0.5) is 16.2 Å². The summed E-state index contributed by atoms with van der Waals surface area (Å²) in [6.45, 7) is 3.85. The van der Waals surface area contributed by atoms with Gasteiger partial charge < -0.3 is 19.7 Å². The SMILES string of the molecule is CCOP(=O)(OCC)c1ccccc1NC(=O)Nc1cc(Cl)cc(Cl)c1. The number of hydrogen-bond donors (Lipinski definition) is 2. The smallest absolute Gasteiger partial charge is 0.308 e. The van der Waals surface area contributed by atoms with Gasteiger partial charge in [-0.05, 0) is 44.2 Å². The summed E-state index contributed by atoms with van der Waals surface area (Å²) in [6.07, 6.45) is 0. The van der Waals surface area contributed by atoms with Gasteiger partial charge >= 0.3 is 13.6 Å². The molecule has 0 aromatic heterocycles. The van der Waals surface area contributed by atoms with E-state index in [0.717, 1.165) is 0 Å². The Hall–Kier alpha value is -1.56. The van der Waals surface area contributed by atoms with Crippen LogP contribution in [0.1, 0.15) is 13.8 Å². The molecule has 0 atom stereocenters. The third-order valence-electron chi connectivity index (χ3n) is 3.17. The van der Waals surface area contributed by atoms with Crippen LogP contribution in [0.25, 0.3) is 0 Å². The first-order valence-electron chi connectivity index (χ1n) is 7.90. The molecule has 0 spiro atoms. The molecular formula is C17H19Cl2N2O4P. The third-order valence-corrected chi connectivity index (χ3v) is 5.78. The number of carbonyl (C=O) groups excluding carboxylic acids is 1. The standard InChI is InChI=1S/C17H19Cl2N2O4P/c1-3-24-26(23,25-4-2)16-8-6-5-7-15(16)21-17(22)20-14-10-12(18)9-13(19)11-14/h5-11H,3-4H2,1-2H3,(H2,20,21,22). The Morgan fingerprint density at radius 1 is 1.00 bits per heavy atom. The minimum atomic E-state index is -3.55. The van der Waals surface area contributed by atoms with Gasteiger partial charge in [-0.15, -0.1) is 0 Å². The number of para-hydroxylation sites is 1. The lowest BCUT2D eigenvalue weighted by molar-refractivity contribution is 0.230. The highest BCUT2D eigenvalue weighted by atomic mass is 35.5. The Balaban J connectivity index is 2.24. The zero-order valence-electron chi connectivity index (χ0n) is 14.3. The van der Waals surface area contributed by atoms with E-state index in [1.54, 1.807) is 56.3 Å². The van der Waals surface area contributed by atoms with Crippen LogP contribution in [-0.4, -0.2) is 19.2 Å². The van der Waals surface area contributed by atoms with Crippen molar-refractivity contribution in [1.29, 1.82) is 0 Å². The van der Waals surface area contributed by atoms with Crippen molar-refractivity contribution in [2.75, 3.05) is 23.8 Å². The van der Waals surface area contributed by atoms with Crippen LogP contribution < -0.4 is 15.9 Å². The summed E-state index contributed by atoms with van der Waals surface area (Å²) < 4.78 is 23.7. The molecule has 2 rings (SSSR count). The molecule has 0 fully saturated rings. The molecule has 2 aromatic carbocycles. The Morgan fingerprint density at radius 2 is 1.58 bits per heavy atom. The van der Waals surface area contributed by atoms with Gasteiger partial charge in [0.15, 0.2) is 0 Å². The summed E-state index contributed by atoms with van der Waals surface area (Å²) in [5.41, 5.74) is 0.749. The molecule has 0 saturated carbocycles. The van der Waals surface area contributed by atoms with E-state index in [1.165, 1.54) is 0 Å². The number of carbonyl (C=O) groups is 1. The molecule has 2 N–H and O–H groups in total. The molecule has 0 aliphatic rings. The second kappa shape index (κ2) is 9.40. The van der Waals surface area contributed by atoms with Gasteiger partial charge in [0.25, 0.3) is 0 Å². The number of rotatable bonds is 7. The second-order valence-corrected chi connectivity index (χ2v) is 7.95. The van der Waals surface area contributed by atoms with E-state index in [9.17, 15) is 9.36 Å². The molecule has 140 valence electrons. The Kier molecular flexibility index (Phi) is 7.50. The second-order valence-electron chi connectivity index (χ2n) is 5.09. The first-order valence-corrected chi connectivity index (χ1v) is 10.2. The van der Waals surface area contributed by atoms with Crippen LogP contribution in [-0.2, 0) is 13.6 Å². The molecule has 2 aromatic rings. The van der Waals surface area contributed by atoms with Gasteiger partial charge in [-0.3, -0.25) is 4.57 Å². The van der Waals surface area contributed by atoms with Crippen molar-refractivity contribution in [3.8, 4) is 0 Å². The van der Waals surface area contributed by atoms with Crippen molar-refractivity contribution >= 4 is 53.5 Å². The normalized spacial score (nSPS) is 11.2. The Bertz CT molecular complexity index is 802. The van der Waals surface area contributed by atoms with Gasteiger partial charge in [0.2, 0.25) is 0 Å². The maximum atomic E-state index is 13.0. The van der Waals surface area contributed by atoms with Gasteiger partial charge in [-0.25, -0.2) is 4.79 Å². The molecular weight excluding hydrogens is 398 g/mol. The van der Waals surface area contributed by atoms with Crippen LogP contribution in [0.5, 0.6) is 0 Å². The number of nitrogens with one attached hydrogen (secondary N) is 2. The van der Waals surface area contributed by atoms with Gasteiger partial charge in [-0.2, -0.15) is 0 Å². The molecule has 6 nitrogen and oxygen atoms in total. The lowest BCUT2D eigenvalue weighted by atomic mass is 10.3. The average Bonchev–Trinajstić information content (AvgIpc) is 2.54. The van der Waals surface area contributed by atoms with Crippen molar-refractivity contribution in [2.45, 2.75) is 13.8 Å². The molecule has 0 saturated heterocycles. The number of amides is 2. The number of urea groups is 1. The molecule has 0 radical (unpaired) electrons. The van der Waals surface area contributed by atoms with Crippen LogP contribution >= 0.6 is 30.8 Å². The number of anilines is 2. The van der Waals surface area contributed by atoms with Crippen molar-refractivity contribution < 1.29 is 18.4 Å². The Morgan fingerprint density at radius 3 is 2.15 bits per heavy atom. The van der Waals surface area contributed by atoms with Crippen molar-refractivity contribution in [1.82, 2.24) is 0 Å². The van der Waals surface area contributed by atoms with Crippen molar-refractivity contribution in [3.63, 3.8) is 0 Å². The summed E-state index contributed by atoms with van der Waals surface area (Å²) >= 11 is 11.8. The average molecular weight is 417 g/mol. The van der Waals surface area contributed by atoms with Crippen LogP contribution in [0.2, 0.25) is 10.0 Å². The maximum Gasteiger partial charge on any atom is 0.363 e. The van der Waals surface area contributed by atoms with E-state index in [4.69, 9.17) is 32.2 Å². The predicted octanol–water partition coefficient (Wildman–Crippen LogP) is 5.53. The first kappa shape index (κ1) is 20.7. The lowest BCUT2D eigenvalue weighted by Crippen LogP contribution is -2.24. The van der Waals surface area contributed by atoms with Crippen molar-refractivity contribution in [2.24, 2.45) is 0 Å². The highest BCUT2D eigenvalue weighted by Crippen LogP contribution is 2.48. The maximum absolute atomic E-state index is 13.0. The van der Waals surface area contributed by atoms with E-state index in [-0.39, 0.29) is 18.5 Å². The van der Waals surface area contributed by atoms with E-state index < -0.39 is 13.6 Å². The molecule has 2 amide bonds. The van der Waals surface area contributed by atoms with E-state index in [2.05, 4.69) is 10.6 Å². The van der Waals surface area contributed by atoms with Gasteiger partial charge in [0.05, 0.1) is 24.2 Å². The minimum Gasteiger partial charge on any atom is -0.308 e. The summed E-state index contributed by atoms with van der Waals surface area (Å²) in [4.78, 5) is 12.3. The summed E-state index contributed by atoms with van der Waals surface area (Å²) in [5, 5.41) is 6.34. The molecule has 0 aliphatic carbocycles. The zero-order valence-corrected chi connectivity index (χ0v) is 16.7. The fourth-order valence-corrected chi connectivity index (χ4v) is 4.50.